The molecule has 22 heavy (non-hydrogen) atoms. The smallest absolute Gasteiger partial charge is 0.233 e. The van der Waals surface area contributed by atoms with Gasteiger partial charge in [0.25, 0.3) is 0 Å². The number of amides is 1. The minimum atomic E-state index is -0.291. The van der Waals surface area contributed by atoms with Gasteiger partial charge < -0.3 is 14.2 Å². The summed E-state index contributed by atoms with van der Waals surface area (Å²) >= 11 is 0. The number of aromatic nitrogens is 4. The zero-order valence-corrected chi connectivity index (χ0v) is 13.1. The van der Waals surface area contributed by atoms with Crippen LogP contribution in [0.1, 0.15) is 24.8 Å². The van der Waals surface area contributed by atoms with Crippen molar-refractivity contribution in [2.24, 2.45) is 20.0 Å². The van der Waals surface area contributed by atoms with E-state index < -0.39 is 0 Å². The molecule has 7 heteroatoms. The summed E-state index contributed by atoms with van der Waals surface area (Å²) in [5.41, 5.74) is 0.789. The third-order valence-corrected chi connectivity index (χ3v) is 4.16. The van der Waals surface area contributed by atoms with Crippen LogP contribution in [0.25, 0.3) is 0 Å². The predicted molar refractivity (Wildman–Crippen MR) is 81.2 cm³/mol. The Bertz CT molecular complexity index is 662. The molecule has 1 aliphatic rings. The van der Waals surface area contributed by atoms with Crippen LogP contribution in [0.3, 0.4) is 0 Å². The molecule has 0 radical (unpaired) electrons. The molecule has 0 aromatic carbocycles. The van der Waals surface area contributed by atoms with Gasteiger partial charge in [-0.3, -0.25) is 9.48 Å². The van der Waals surface area contributed by atoms with E-state index in [2.05, 4.69) is 10.1 Å². The van der Waals surface area contributed by atoms with Crippen molar-refractivity contribution in [3.8, 4) is 0 Å². The van der Waals surface area contributed by atoms with Crippen LogP contribution in [-0.2, 0) is 23.6 Å². The molecule has 3 rings (SSSR count). The molecule has 0 N–H and O–H groups in total. The summed E-state index contributed by atoms with van der Waals surface area (Å²) in [5, 5.41) is 4.12. The van der Waals surface area contributed by atoms with Crippen molar-refractivity contribution in [3.05, 3.63) is 30.6 Å². The van der Waals surface area contributed by atoms with Crippen molar-refractivity contribution >= 4 is 11.6 Å². The third kappa shape index (κ3) is 2.64. The van der Waals surface area contributed by atoms with Crippen molar-refractivity contribution in [2.45, 2.75) is 18.9 Å². The van der Waals surface area contributed by atoms with Gasteiger partial charge >= 0.3 is 0 Å². The van der Waals surface area contributed by atoms with Gasteiger partial charge in [-0.1, -0.05) is 0 Å². The number of ether oxygens (including phenoxy) is 1. The molecule has 7 nitrogen and oxygen atoms in total. The van der Waals surface area contributed by atoms with Crippen molar-refractivity contribution in [1.82, 2.24) is 19.3 Å². The molecule has 0 unspecified atom stereocenters. The summed E-state index contributed by atoms with van der Waals surface area (Å²) < 4.78 is 9.48. The van der Waals surface area contributed by atoms with Gasteiger partial charge in [-0.05, 0) is 12.8 Å². The molecule has 2 atom stereocenters. The maximum Gasteiger partial charge on any atom is 0.233 e. The number of hydrogen-bond acceptors (Lipinski definition) is 4. The summed E-state index contributed by atoms with van der Waals surface area (Å²) in [6.07, 6.45) is 8.54. The molecular weight excluding hydrogens is 282 g/mol. The molecule has 1 amide bonds. The highest BCUT2D eigenvalue weighted by atomic mass is 16.5. The third-order valence-electron chi connectivity index (χ3n) is 4.16. The van der Waals surface area contributed by atoms with E-state index >= 15 is 0 Å². The molecule has 0 bridgehead atoms. The molecule has 1 saturated heterocycles. The van der Waals surface area contributed by atoms with Crippen LogP contribution in [-0.4, -0.2) is 38.9 Å². The fourth-order valence-electron chi connectivity index (χ4n) is 2.90. The fraction of sp³-hybridized carbons (Fsp3) is 0.533. The molecule has 1 fully saturated rings. The highest BCUT2D eigenvalue weighted by Gasteiger charge is 2.37. The van der Waals surface area contributed by atoms with Gasteiger partial charge in [0.1, 0.15) is 11.9 Å². The van der Waals surface area contributed by atoms with E-state index in [1.807, 2.05) is 31.1 Å². The second-order valence-corrected chi connectivity index (χ2v) is 5.71. The average molecular weight is 303 g/mol. The highest BCUT2D eigenvalue weighted by Crippen LogP contribution is 2.34. The molecule has 118 valence electrons. The first-order valence-electron chi connectivity index (χ1n) is 7.43. The van der Waals surface area contributed by atoms with Gasteiger partial charge in [0, 0.05) is 46.3 Å². The van der Waals surface area contributed by atoms with Crippen LogP contribution in [0, 0.1) is 5.92 Å². The van der Waals surface area contributed by atoms with Crippen molar-refractivity contribution in [3.63, 3.8) is 0 Å². The molecular formula is C15H21N5O2. The topological polar surface area (TPSA) is 65.2 Å². The molecule has 1 aliphatic heterocycles. The van der Waals surface area contributed by atoms with E-state index in [4.69, 9.17) is 4.74 Å². The Morgan fingerprint density at radius 1 is 1.45 bits per heavy atom. The number of carbonyl (C=O) groups is 1. The average Bonchev–Trinajstić information content (AvgIpc) is 3.14. The lowest BCUT2D eigenvalue weighted by atomic mass is 9.92. The number of anilines is 1. The van der Waals surface area contributed by atoms with Crippen LogP contribution in [0.15, 0.2) is 24.8 Å². The normalized spacial score (nSPS) is 21.8. The first kappa shape index (κ1) is 14.8. The molecule has 0 saturated carbocycles. The molecule has 0 aliphatic carbocycles. The van der Waals surface area contributed by atoms with Crippen molar-refractivity contribution in [1.29, 1.82) is 0 Å². The number of hydrogen-bond donors (Lipinski definition) is 0. The zero-order valence-electron chi connectivity index (χ0n) is 13.1. The van der Waals surface area contributed by atoms with Crippen LogP contribution >= 0.6 is 0 Å². The summed E-state index contributed by atoms with van der Waals surface area (Å²) in [6.45, 7) is 0.665. The second kappa shape index (κ2) is 5.92. The summed E-state index contributed by atoms with van der Waals surface area (Å²) in [6, 6.07) is 0. The number of carbonyl (C=O) groups excluding carboxylic acids is 1. The van der Waals surface area contributed by atoms with Gasteiger partial charge in [-0.15, -0.1) is 0 Å². The largest absolute Gasteiger partial charge is 0.369 e. The van der Waals surface area contributed by atoms with Gasteiger partial charge in [0.15, 0.2) is 0 Å². The van der Waals surface area contributed by atoms with Crippen molar-refractivity contribution in [2.75, 3.05) is 18.6 Å². The molecule has 2 aromatic rings. The summed E-state index contributed by atoms with van der Waals surface area (Å²) in [7, 11) is 5.54. The second-order valence-electron chi connectivity index (χ2n) is 5.71. The maximum atomic E-state index is 12.9. The number of aryl methyl sites for hydroxylation is 2. The monoisotopic (exact) mass is 303 g/mol. The van der Waals surface area contributed by atoms with Gasteiger partial charge in [0.2, 0.25) is 5.91 Å². The summed E-state index contributed by atoms with van der Waals surface area (Å²) in [5.74, 6) is 0.624. The van der Waals surface area contributed by atoms with Crippen LogP contribution in [0.4, 0.5) is 5.69 Å². The Morgan fingerprint density at radius 3 is 2.91 bits per heavy atom. The van der Waals surface area contributed by atoms with E-state index in [1.165, 1.54) is 0 Å². The highest BCUT2D eigenvalue weighted by molar-refractivity contribution is 5.94. The minimum Gasteiger partial charge on any atom is -0.369 e. The molecule has 3 heterocycles. The van der Waals surface area contributed by atoms with E-state index in [0.717, 1.165) is 24.4 Å². The SMILES string of the molecule is CN(C(=O)[C@@H]1CCCO[C@H]1c1nccn1C)c1cnn(C)c1. The Morgan fingerprint density at radius 2 is 2.27 bits per heavy atom. The summed E-state index contributed by atoms with van der Waals surface area (Å²) in [4.78, 5) is 18.9. The quantitative estimate of drug-likeness (QED) is 0.857. The standard InChI is InChI=1S/C15H21N5O2/c1-18-7-6-16-14(18)13-12(5-4-8-22-13)15(21)20(3)11-9-17-19(2)10-11/h6-7,9-10,12-13H,4-5,8H2,1-3H3/t12-,13-/m1/s1. The number of rotatable bonds is 3. The maximum absolute atomic E-state index is 12.9. The first-order valence-corrected chi connectivity index (χ1v) is 7.43. The Balaban J connectivity index is 1.84. The zero-order chi connectivity index (χ0) is 15.7. The van der Waals surface area contributed by atoms with Crippen LogP contribution < -0.4 is 4.90 Å². The van der Waals surface area contributed by atoms with E-state index in [0.29, 0.717) is 6.61 Å². The van der Waals surface area contributed by atoms with Gasteiger partial charge in [-0.25, -0.2) is 4.98 Å². The Kier molecular flexibility index (Phi) is 3.98. The lowest BCUT2D eigenvalue weighted by Gasteiger charge is -2.32. The molecule has 2 aromatic heterocycles. The minimum absolute atomic E-state index is 0.0423. The number of nitrogens with zero attached hydrogens (tertiary/aromatic N) is 5. The number of imidazole rings is 1. The lowest BCUT2D eigenvalue weighted by molar-refractivity contribution is -0.132. The van der Waals surface area contributed by atoms with Gasteiger partial charge in [-0.2, -0.15) is 5.10 Å². The van der Waals surface area contributed by atoms with Crippen LogP contribution in [0.2, 0.25) is 0 Å². The van der Waals surface area contributed by atoms with E-state index in [1.54, 1.807) is 29.0 Å². The predicted octanol–water partition coefficient (Wildman–Crippen LogP) is 1.28. The van der Waals surface area contributed by atoms with Crippen LogP contribution in [0.5, 0.6) is 0 Å². The van der Waals surface area contributed by atoms with E-state index in [9.17, 15) is 4.79 Å². The molecule has 0 spiro atoms. The van der Waals surface area contributed by atoms with Crippen molar-refractivity contribution < 1.29 is 9.53 Å². The van der Waals surface area contributed by atoms with E-state index in [-0.39, 0.29) is 17.9 Å². The van der Waals surface area contributed by atoms with Gasteiger partial charge in [0.05, 0.1) is 17.8 Å². The Hall–Kier alpha value is -2.15. The lowest BCUT2D eigenvalue weighted by Crippen LogP contribution is -2.39. The Labute approximate surface area is 129 Å². The first-order chi connectivity index (χ1) is 10.6. The fourth-order valence-corrected chi connectivity index (χ4v) is 2.90.